The van der Waals surface area contributed by atoms with Crippen molar-refractivity contribution in [2.24, 2.45) is 5.10 Å². The molecule has 2 saturated heterocycles. The third-order valence-corrected chi connectivity index (χ3v) is 6.22. The predicted octanol–water partition coefficient (Wildman–Crippen LogP) is 3.84. The van der Waals surface area contributed by atoms with Crippen molar-refractivity contribution in [3.63, 3.8) is 0 Å². The first-order valence-electron chi connectivity index (χ1n) is 12.9. The van der Waals surface area contributed by atoms with Gasteiger partial charge in [0, 0.05) is 25.6 Å². The molecule has 2 fully saturated rings. The third kappa shape index (κ3) is 7.46. The van der Waals surface area contributed by atoms with Crippen LogP contribution in [0, 0.1) is 5.82 Å². The molecule has 11 heteroatoms. The molecule has 0 saturated carbocycles. The Hall–Kier alpha value is -4.15. The number of hydrogen-bond donors (Lipinski definition) is 1. The number of cyclic esters (lactones) is 1. The van der Waals surface area contributed by atoms with E-state index in [9.17, 15) is 14.4 Å². The van der Waals surface area contributed by atoms with Crippen LogP contribution in [0.4, 0.5) is 19.7 Å². The van der Waals surface area contributed by atoms with Crippen molar-refractivity contribution < 1.29 is 28.2 Å². The van der Waals surface area contributed by atoms with Gasteiger partial charge in [-0.25, -0.2) is 14.0 Å². The number of benzene rings is 2. The summed E-state index contributed by atoms with van der Waals surface area (Å²) in [6.07, 6.45) is 0.357. The van der Waals surface area contributed by atoms with E-state index in [4.69, 9.17) is 9.47 Å². The van der Waals surface area contributed by atoms with Gasteiger partial charge in [0.05, 0.1) is 38.1 Å². The number of amides is 3. The van der Waals surface area contributed by atoms with Crippen molar-refractivity contribution in [1.82, 2.24) is 15.2 Å². The van der Waals surface area contributed by atoms with Crippen LogP contribution in [0.15, 0.2) is 47.6 Å². The predicted molar refractivity (Wildman–Crippen MR) is 145 cm³/mol. The number of carbonyl (C=O) groups is 3. The number of nitrogens with one attached hydrogen (secondary N) is 1. The molecule has 0 spiro atoms. The highest BCUT2D eigenvalue weighted by Gasteiger charge is 2.32. The molecular formula is C28H34FN5O5. The second-order valence-electron chi connectivity index (χ2n) is 10.5. The van der Waals surface area contributed by atoms with Gasteiger partial charge < -0.3 is 19.7 Å². The zero-order valence-corrected chi connectivity index (χ0v) is 22.6. The molecule has 0 bridgehead atoms. The van der Waals surface area contributed by atoms with Gasteiger partial charge in [0.1, 0.15) is 17.5 Å². The van der Waals surface area contributed by atoms with Crippen LogP contribution < -0.4 is 10.2 Å². The normalized spacial score (nSPS) is 17.9. The van der Waals surface area contributed by atoms with Gasteiger partial charge >= 0.3 is 12.2 Å². The highest BCUT2D eigenvalue weighted by atomic mass is 19.1. The van der Waals surface area contributed by atoms with Crippen LogP contribution >= 0.6 is 0 Å². The van der Waals surface area contributed by atoms with E-state index < -0.39 is 23.6 Å². The van der Waals surface area contributed by atoms with Crippen LogP contribution in [0.2, 0.25) is 0 Å². The summed E-state index contributed by atoms with van der Waals surface area (Å²) in [6.45, 7) is 9.63. The number of hydrogen-bond acceptors (Lipinski definition) is 7. The maximum Gasteiger partial charge on any atom is 0.414 e. The molecule has 2 aliphatic rings. The van der Waals surface area contributed by atoms with Crippen molar-refractivity contribution >= 4 is 30.0 Å². The molecule has 1 atom stereocenters. The standard InChI is InChI=1S/C28H34FN5O5/c1-19(35)30-17-23-18-34(27(37)38-23)22-9-10-24(25(29)15-22)21-7-5-20(6-8-21)16-31-33-13-11-32(12-14-33)26(36)39-28(2,3)4/h5-10,15-16,23H,11-14,17-18H2,1-4H3,(H,30,35)/b31-16+/t23-/m0/s1. The molecular weight excluding hydrogens is 505 g/mol. The summed E-state index contributed by atoms with van der Waals surface area (Å²) in [7, 11) is 0. The number of nitrogens with zero attached hydrogens (tertiary/aromatic N) is 4. The molecule has 3 amide bonds. The molecule has 0 radical (unpaired) electrons. The molecule has 0 aliphatic carbocycles. The molecule has 2 aromatic carbocycles. The van der Waals surface area contributed by atoms with E-state index in [0.29, 0.717) is 43.0 Å². The number of rotatable bonds is 6. The van der Waals surface area contributed by atoms with E-state index >= 15 is 4.39 Å². The Balaban J connectivity index is 1.32. The van der Waals surface area contributed by atoms with E-state index in [-0.39, 0.29) is 25.1 Å². The van der Waals surface area contributed by atoms with Gasteiger partial charge in [-0.2, -0.15) is 5.10 Å². The number of hydrazone groups is 1. The minimum atomic E-state index is -0.576. The smallest absolute Gasteiger partial charge is 0.414 e. The minimum Gasteiger partial charge on any atom is -0.444 e. The topological polar surface area (TPSA) is 104 Å². The number of carbonyl (C=O) groups excluding carboxylic acids is 3. The van der Waals surface area contributed by atoms with Crippen LogP contribution in [-0.2, 0) is 14.3 Å². The van der Waals surface area contributed by atoms with Gasteiger partial charge in [-0.15, -0.1) is 0 Å². The van der Waals surface area contributed by atoms with Gasteiger partial charge in [-0.1, -0.05) is 24.3 Å². The first-order valence-corrected chi connectivity index (χ1v) is 12.9. The summed E-state index contributed by atoms with van der Waals surface area (Å²) in [5.74, 6) is -0.676. The lowest BCUT2D eigenvalue weighted by Crippen LogP contribution is -2.48. The van der Waals surface area contributed by atoms with Crippen molar-refractivity contribution in [1.29, 1.82) is 0 Å². The number of anilines is 1. The van der Waals surface area contributed by atoms with Gasteiger partial charge in [0.2, 0.25) is 5.91 Å². The van der Waals surface area contributed by atoms with Crippen LogP contribution in [0.5, 0.6) is 0 Å². The lowest BCUT2D eigenvalue weighted by atomic mass is 10.0. The fraction of sp³-hybridized carbons (Fsp3) is 0.429. The molecule has 4 rings (SSSR count). The second kappa shape index (κ2) is 11.7. The van der Waals surface area contributed by atoms with Crippen LogP contribution in [0.25, 0.3) is 11.1 Å². The lowest BCUT2D eigenvalue weighted by Gasteiger charge is -2.34. The van der Waals surface area contributed by atoms with E-state index in [1.165, 1.54) is 17.9 Å². The van der Waals surface area contributed by atoms with Gasteiger partial charge in [-0.3, -0.25) is 14.7 Å². The summed E-state index contributed by atoms with van der Waals surface area (Å²) < 4.78 is 25.7. The van der Waals surface area contributed by atoms with Crippen molar-refractivity contribution in [2.45, 2.75) is 39.4 Å². The Labute approximate surface area is 227 Å². The summed E-state index contributed by atoms with van der Waals surface area (Å²) in [5, 5.41) is 9.04. The molecule has 0 unspecified atom stereocenters. The Morgan fingerprint density at radius 3 is 2.44 bits per heavy atom. The van der Waals surface area contributed by atoms with E-state index in [1.54, 1.807) is 23.2 Å². The van der Waals surface area contributed by atoms with E-state index in [2.05, 4.69) is 10.4 Å². The molecule has 2 aliphatic heterocycles. The minimum absolute atomic E-state index is 0.204. The van der Waals surface area contributed by atoms with E-state index in [1.807, 2.05) is 50.0 Å². The molecule has 0 aromatic heterocycles. The average molecular weight is 540 g/mol. The largest absolute Gasteiger partial charge is 0.444 e. The van der Waals surface area contributed by atoms with Gasteiger partial charge in [0.15, 0.2) is 0 Å². The highest BCUT2D eigenvalue weighted by Crippen LogP contribution is 2.29. The second-order valence-corrected chi connectivity index (χ2v) is 10.5. The molecule has 39 heavy (non-hydrogen) atoms. The Morgan fingerprint density at radius 2 is 1.82 bits per heavy atom. The van der Waals surface area contributed by atoms with Crippen LogP contribution in [-0.4, -0.2) is 85.2 Å². The first kappa shape index (κ1) is 27.9. The highest BCUT2D eigenvalue weighted by molar-refractivity contribution is 5.90. The van der Waals surface area contributed by atoms with Crippen molar-refractivity contribution in [3.05, 3.63) is 53.8 Å². The molecule has 2 heterocycles. The fourth-order valence-corrected chi connectivity index (χ4v) is 4.22. The first-order chi connectivity index (χ1) is 18.5. The summed E-state index contributed by atoms with van der Waals surface area (Å²) in [6, 6.07) is 11.9. The maximum absolute atomic E-state index is 15.0. The lowest BCUT2D eigenvalue weighted by molar-refractivity contribution is -0.119. The van der Waals surface area contributed by atoms with Crippen LogP contribution in [0.3, 0.4) is 0 Å². The van der Waals surface area contributed by atoms with E-state index in [0.717, 1.165) is 5.56 Å². The monoisotopic (exact) mass is 539 g/mol. The van der Waals surface area contributed by atoms with Crippen molar-refractivity contribution in [3.8, 4) is 11.1 Å². The van der Waals surface area contributed by atoms with Gasteiger partial charge in [-0.05, 0) is 50.1 Å². The van der Waals surface area contributed by atoms with Crippen molar-refractivity contribution in [2.75, 3.05) is 44.2 Å². The summed E-state index contributed by atoms with van der Waals surface area (Å²) in [5.41, 5.74) is 1.82. The Morgan fingerprint density at radius 1 is 1.13 bits per heavy atom. The zero-order valence-electron chi connectivity index (χ0n) is 22.6. The fourth-order valence-electron chi connectivity index (χ4n) is 4.22. The quantitative estimate of drug-likeness (QED) is 0.560. The number of piperazine rings is 1. The number of ether oxygens (including phenoxy) is 2. The Bertz CT molecular complexity index is 1240. The van der Waals surface area contributed by atoms with Crippen LogP contribution in [0.1, 0.15) is 33.3 Å². The maximum atomic E-state index is 15.0. The molecule has 2 aromatic rings. The molecule has 1 N–H and O–H groups in total. The molecule has 10 nitrogen and oxygen atoms in total. The zero-order chi connectivity index (χ0) is 28.2. The average Bonchev–Trinajstić information content (AvgIpc) is 3.26. The SMILES string of the molecule is CC(=O)NC[C@H]1CN(c2ccc(-c3ccc(/C=N/N4CCN(C(=O)OC(C)(C)C)CC4)cc3)c(F)c2)C(=O)O1. The number of halogens is 1. The summed E-state index contributed by atoms with van der Waals surface area (Å²) in [4.78, 5) is 38.6. The Kier molecular flexibility index (Phi) is 8.37. The third-order valence-electron chi connectivity index (χ3n) is 6.22. The van der Waals surface area contributed by atoms with Gasteiger partial charge in [0.25, 0.3) is 0 Å². The molecule has 208 valence electrons. The summed E-state index contributed by atoms with van der Waals surface area (Å²) >= 11 is 0.